The minimum Gasteiger partial charge on any atom is -0.310 e. The molecule has 300 valence electrons. The van der Waals surface area contributed by atoms with Gasteiger partial charge >= 0.3 is 0 Å². The van der Waals surface area contributed by atoms with Crippen LogP contribution in [0.15, 0.2) is 224 Å². The summed E-state index contributed by atoms with van der Waals surface area (Å²) in [5, 5.41) is 0. The predicted octanol–water partition coefficient (Wildman–Crippen LogP) is 16.2. The summed E-state index contributed by atoms with van der Waals surface area (Å²) >= 11 is 0. The lowest BCUT2D eigenvalue weighted by atomic mass is 9.67. The molecular formula is C62H47N. The first-order valence-electron chi connectivity index (χ1n) is 22.6. The third-order valence-corrected chi connectivity index (χ3v) is 14.3. The van der Waals surface area contributed by atoms with Gasteiger partial charge in [0.1, 0.15) is 0 Å². The highest BCUT2D eigenvalue weighted by Crippen LogP contribution is 2.59. The number of fused-ring (bicyclic) bond motifs is 8. The first kappa shape index (κ1) is 37.3. The van der Waals surface area contributed by atoms with Gasteiger partial charge in [0, 0.05) is 22.5 Å². The number of hydrogen-bond acceptors (Lipinski definition) is 1. The van der Waals surface area contributed by atoms with Gasteiger partial charge in [-0.15, -0.1) is 0 Å². The van der Waals surface area contributed by atoms with E-state index in [1.807, 2.05) is 0 Å². The lowest BCUT2D eigenvalue weighted by Gasteiger charge is -2.34. The summed E-state index contributed by atoms with van der Waals surface area (Å²) in [5.41, 5.74) is 21.8. The highest BCUT2D eigenvalue weighted by atomic mass is 15.1. The van der Waals surface area contributed by atoms with Gasteiger partial charge in [0.25, 0.3) is 0 Å². The van der Waals surface area contributed by atoms with E-state index in [0.717, 1.165) is 0 Å². The Labute approximate surface area is 371 Å². The Bertz CT molecular complexity index is 3060. The van der Waals surface area contributed by atoms with E-state index in [1.54, 1.807) is 0 Å². The quantitative estimate of drug-likeness (QED) is 0.138. The molecule has 0 N–H and O–H groups in total. The zero-order valence-corrected chi connectivity index (χ0v) is 35.3. The Morgan fingerprint density at radius 1 is 0.349 bits per heavy atom. The molecule has 0 amide bonds. The first-order chi connectivity index (χ1) is 31.2. The molecule has 1 fully saturated rings. The van der Waals surface area contributed by atoms with Crippen molar-refractivity contribution in [1.29, 1.82) is 0 Å². The molecule has 0 aromatic heterocycles. The summed E-state index contributed by atoms with van der Waals surface area (Å²) in [6, 6.07) is 83.2. The fourth-order valence-corrected chi connectivity index (χ4v) is 11.6. The molecule has 1 heteroatoms. The van der Waals surface area contributed by atoms with Crippen molar-refractivity contribution >= 4 is 29.2 Å². The molecule has 0 atom stereocenters. The predicted molar refractivity (Wildman–Crippen MR) is 264 cm³/mol. The molecule has 9 aromatic rings. The molecule has 0 aliphatic heterocycles. The van der Waals surface area contributed by atoms with Gasteiger partial charge in [0.15, 0.2) is 0 Å². The van der Waals surface area contributed by atoms with Gasteiger partial charge in [0.05, 0.1) is 5.41 Å². The molecule has 1 saturated carbocycles. The Morgan fingerprint density at radius 3 is 1.51 bits per heavy atom. The van der Waals surface area contributed by atoms with E-state index in [1.165, 1.54) is 121 Å². The zero-order valence-electron chi connectivity index (χ0n) is 35.3. The van der Waals surface area contributed by atoms with Crippen LogP contribution < -0.4 is 4.90 Å². The molecule has 0 bridgehead atoms. The van der Waals surface area contributed by atoms with Gasteiger partial charge in [-0.25, -0.2) is 0 Å². The molecule has 12 rings (SSSR count). The number of rotatable bonds is 8. The van der Waals surface area contributed by atoms with Crippen molar-refractivity contribution in [3.05, 3.63) is 269 Å². The van der Waals surface area contributed by atoms with Crippen LogP contribution in [0.25, 0.3) is 45.5 Å². The van der Waals surface area contributed by atoms with Crippen molar-refractivity contribution in [3.63, 3.8) is 0 Å². The van der Waals surface area contributed by atoms with Crippen LogP contribution in [-0.2, 0) is 10.8 Å². The van der Waals surface area contributed by atoms with Crippen molar-refractivity contribution in [3.8, 4) is 33.4 Å². The van der Waals surface area contributed by atoms with E-state index >= 15 is 0 Å². The van der Waals surface area contributed by atoms with Crippen LogP contribution >= 0.6 is 0 Å². The molecule has 0 radical (unpaired) electrons. The maximum atomic E-state index is 2.50. The highest BCUT2D eigenvalue weighted by molar-refractivity contribution is 5.96. The lowest BCUT2D eigenvalue weighted by molar-refractivity contribution is 0.550. The zero-order chi connectivity index (χ0) is 41.8. The Balaban J connectivity index is 0.879. The molecule has 0 heterocycles. The maximum Gasteiger partial charge on any atom is 0.0713 e. The van der Waals surface area contributed by atoms with E-state index in [2.05, 4.69) is 242 Å². The summed E-state index contributed by atoms with van der Waals surface area (Å²) < 4.78 is 0. The summed E-state index contributed by atoms with van der Waals surface area (Å²) in [4.78, 5) is 2.40. The first-order valence-corrected chi connectivity index (χ1v) is 22.6. The monoisotopic (exact) mass is 805 g/mol. The van der Waals surface area contributed by atoms with E-state index in [-0.39, 0.29) is 5.41 Å². The van der Waals surface area contributed by atoms with Crippen LogP contribution in [0.4, 0.5) is 17.1 Å². The summed E-state index contributed by atoms with van der Waals surface area (Å²) in [6.07, 6.45) is 9.48. The van der Waals surface area contributed by atoms with Gasteiger partial charge in [-0.3, -0.25) is 0 Å². The molecular weight excluding hydrogens is 759 g/mol. The minimum absolute atomic E-state index is 0.0401. The third-order valence-electron chi connectivity index (χ3n) is 14.3. The van der Waals surface area contributed by atoms with E-state index in [4.69, 9.17) is 0 Å². The van der Waals surface area contributed by atoms with Crippen LogP contribution in [-0.4, -0.2) is 0 Å². The van der Waals surface area contributed by atoms with Gasteiger partial charge in [-0.05, 0) is 127 Å². The standard InChI is InChI=1S/C62H47N/c1-5-18-47(19-6-1)62(48-20-7-2-8-21-48)56-28-14-13-26-55(56)60-52(27-17-29-57(60)62)46-35-32-44(33-36-46)30-31-45-34-38-53-54-39-37-51(43-59(54)61(58(53)42-45)40-15-16-41-61)63(49-22-9-3-10-23-49)50-24-11-4-12-25-50/h1-14,17-39,42-43H,15-16,40-41H2/b31-30+. The van der Waals surface area contributed by atoms with Crippen LogP contribution in [0, 0.1) is 0 Å². The minimum atomic E-state index is -0.408. The maximum absolute atomic E-state index is 2.50. The SMILES string of the molecule is C(=C\c1ccc2c(c1)C1(CCCC1)c1cc(N(c3ccccc3)c3ccccc3)ccc1-2)/c1ccc(-c2cccc3c2-c2ccccc2C3(c2ccccc2)c2ccccc2)cc1. The van der Waals surface area contributed by atoms with Crippen LogP contribution in [0.5, 0.6) is 0 Å². The molecule has 0 unspecified atom stereocenters. The van der Waals surface area contributed by atoms with Crippen LogP contribution in [0.2, 0.25) is 0 Å². The number of nitrogens with zero attached hydrogens (tertiary/aromatic N) is 1. The highest BCUT2D eigenvalue weighted by Gasteiger charge is 2.47. The summed E-state index contributed by atoms with van der Waals surface area (Å²) in [7, 11) is 0. The van der Waals surface area contributed by atoms with Crippen molar-refractivity contribution in [2.75, 3.05) is 4.90 Å². The average molecular weight is 806 g/mol. The van der Waals surface area contributed by atoms with E-state index in [0.29, 0.717) is 0 Å². The van der Waals surface area contributed by atoms with Crippen LogP contribution in [0.1, 0.15) is 70.2 Å². The van der Waals surface area contributed by atoms with E-state index < -0.39 is 5.41 Å². The van der Waals surface area contributed by atoms with Gasteiger partial charge in [-0.1, -0.05) is 213 Å². The molecule has 3 aliphatic carbocycles. The van der Waals surface area contributed by atoms with Crippen molar-refractivity contribution in [2.24, 2.45) is 0 Å². The van der Waals surface area contributed by atoms with Crippen molar-refractivity contribution in [1.82, 2.24) is 0 Å². The fraction of sp³-hybridized carbons (Fsp3) is 0.0968. The number of benzene rings is 9. The van der Waals surface area contributed by atoms with Gasteiger partial charge in [0.2, 0.25) is 0 Å². The molecule has 1 spiro atoms. The lowest BCUT2D eigenvalue weighted by Crippen LogP contribution is -2.28. The second-order valence-electron chi connectivity index (χ2n) is 17.5. The van der Waals surface area contributed by atoms with E-state index in [9.17, 15) is 0 Å². The van der Waals surface area contributed by atoms with Gasteiger partial charge < -0.3 is 4.90 Å². The summed E-state index contributed by atoms with van der Waals surface area (Å²) in [5.74, 6) is 0. The Hall–Kier alpha value is -7.48. The van der Waals surface area contributed by atoms with Gasteiger partial charge in [-0.2, -0.15) is 0 Å². The summed E-state index contributed by atoms with van der Waals surface area (Å²) in [6.45, 7) is 0. The number of anilines is 3. The second-order valence-corrected chi connectivity index (χ2v) is 17.5. The molecule has 1 nitrogen and oxygen atoms in total. The third kappa shape index (κ3) is 5.91. The Kier molecular flexibility index (Phi) is 8.97. The largest absolute Gasteiger partial charge is 0.310 e. The Morgan fingerprint density at radius 2 is 0.857 bits per heavy atom. The van der Waals surface area contributed by atoms with Crippen molar-refractivity contribution in [2.45, 2.75) is 36.5 Å². The second kappa shape index (κ2) is 15.2. The molecule has 63 heavy (non-hydrogen) atoms. The molecule has 0 saturated heterocycles. The number of para-hydroxylation sites is 2. The smallest absolute Gasteiger partial charge is 0.0713 e. The fourth-order valence-electron chi connectivity index (χ4n) is 11.6. The van der Waals surface area contributed by atoms with Crippen LogP contribution in [0.3, 0.4) is 0 Å². The number of hydrogen-bond donors (Lipinski definition) is 0. The topological polar surface area (TPSA) is 3.24 Å². The molecule has 9 aromatic carbocycles. The molecule has 3 aliphatic rings. The average Bonchev–Trinajstić information content (AvgIpc) is 4.05. The van der Waals surface area contributed by atoms with Crippen molar-refractivity contribution < 1.29 is 0 Å². The normalized spacial score (nSPS) is 14.9.